The number of hydrogen-bond donors (Lipinski definition) is 0. The Bertz CT molecular complexity index is 1020. The van der Waals surface area contributed by atoms with Crippen LogP contribution >= 0.6 is 0 Å². The first-order valence-corrected chi connectivity index (χ1v) is 14.8. The zero-order chi connectivity index (χ0) is 25.3. The van der Waals surface area contributed by atoms with E-state index in [1.807, 2.05) is 37.3 Å². The van der Waals surface area contributed by atoms with Crippen LogP contribution in [0.15, 0.2) is 48.6 Å². The molecule has 196 valence electrons. The molecule has 36 heavy (non-hydrogen) atoms. The van der Waals surface area contributed by atoms with Gasteiger partial charge in [0.25, 0.3) is 0 Å². The Morgan fingerprint density at radius 3 is 2.17 bits per heavy atom. The van der Waals surface area contributed by atoms with Crippen LogP contribution in [0, 0.1) is 29.4 Å². The second-order valence-electron chi connectivity index (χ2n) is 11.5. The van der Waals surface area contributed by atoms with Gasteiger partial charge < -0.3 is 0 Å². The van der Waals surface area contributed by atoms with Crippen LogP contribution in [0.25, 0.3) is 10.8 Å². The SMILES string of the molecule is C/C=C/CCc1cc2ccc(C3CCC(CCC4CCC(/C=C/CCC)CC4)CC3)cc2c(F)c1F. The number of aryl methyl sites for hydroxylation is 1. The second kappa shape index (κ2) is 13.5. The highest BCUT2D eigenvalue weighted by molar-refractivity contribution is 5.85. The second-order valence-corrected chi connectivity index (χ2v) is 11.5. The van der Waals surface area contributed by atoms with Crippen molar-refractivity contribution < 1.29 is 8.78 Å². The predicted octanol–water partition coefficient (Wildman–Crippen LogP) is 10.8. The molecule has 0 nitrogen and oxygen atoms in total. The summed E-state index contributed by atoms with van der Waals surface area (Å²) in [5.41, 5.74) is 1.67. The Balaban J connectivity index is 1.27. The summed E-state index contributed by atoms with van der Waals surface area (Å²) >= 11 is 0. The van der Waals surface area contributed by atoms with Crippen molar-refractivity contribution in [3.05, 3.63) is 71.3 Å². The van der Waals surface area contributed by atoms with Gasteiger partial charge in [0.2, 0.25) is 0 Å². The van der Waals surface area contributed by atoms with Gasteiger partial charge in [0.1, 0.15) is 0 Å². The van der Waals surface area contributed by atoms with Gasteiger partial charge >= 0.3 is 0 Å². The van der Waals surface area contributed by atoms with Crippen molar-refractivity contribution in [2.24, 2.45) is 17.8 Å². The van der Waals surface area contributed by atoms with E-state index in [9.17, 15) is 8.78 Å². The van der Waals surface area contributed by atoms with Gasteiger partial charge in [-0.25, -0.2) is 8.78 Å². The van der Waals surface area contributed by atoms with Gasteiger partial charge in [0.05, 0.1) is 0 Å². The molecule has 2 aromatic carbocycles. The van der Waals surface area contributed by atoms with Crippen molar-refractivity contribution in [2.75, 3.05) is 0 Å². The fourth-order valence-electron chi connectivity index (χ4n) is 6.62. The fourth-order valence-corrected chi connectivity index (χ4v) is 6.62. The van der Waals surface area contributed by atoms with Crippen LogP contribution in [0.2, 0.25) is 0 Å². The highest BCUT2D eigenvalue weighted by Gasteiger charge is 2.25. The minimum Gasteiger partial charge on any atom is -0.203 e. The summed E-state index contributed by atoms with van der Waals surface area (Å²) in [6.07, 6.45) is 25.8. The Hall–Kier alpha value is -1.96. The van der Waals surface area contributed by atoms with E-state index in [4.69, 9.17) is 0 Å². The summed E-state index contributed by atoms with van der Waals surface area (Å²) < 4.78 is 29.7. The number of benzene rings is 2. The fraction of sp³-hybridized carbons (Fsp3) is 0.588. The van der Waals surface area contributed by atoms with E-state index in [1.54, 1.807) is 0 Å². The van der Waals surface area contributed by atoms with Gasteiger partial charge in [-0.2, -0.15) is 0 Å². The monoisotopic (exact) mass is 492 g/mol. The molecule has 2 aliphatic carbocycles. The Kier molecular flexibility index (Phi) is 10.2. The number of hydrogen-bond acceptors (Lipinski definition) is 0. The third kappa shape index (κ3) is 7.08. The smallest absolute Gasteiger partial charge is 0.166 e. The van der Waals surface area contributed by atoms with Crippen LogP contribution < -0.4 is 0 Å². The van der Waals surface area contributed by atoms with Crippen molar-refractivity contribution >= 4 is 10.8 Å². The molecule has 2 aliphatic rings. The molecule has 0 heterocycles. The topological polar surface area (TPSA) is 0 Å². The van der Waals surface area contributed by atoms with Crippen molar-refractivity contribution in [1.29, 1.82) is 0 Å². The Labute approximate surface area is 218 Å². The van der Waals surface area contributed by atoms with E-state index in [1.165, 1.54) is 82.6 Å². The van der Waals surface area contributed by atoms with Gasteiger partial charge in [-0.05, 0) is 130 Å². The number of unbranched alkanes of at least 4 members (excludes halogenated alkanes) is 1. The van der Waals surface area contributed by atoms with Crippen molar-refractivity contribution in [2.45, 2.75) is 110 Å². The minimum absolute atomic E-state index is 0.446. The van der Waals surface area contributed by atoms with Gasteiger partial charge in [0, 0.05) is 5.39 Å². The predicted molar refractivity (Wildman–Crippen MR) is 150 cm³/mol. The molecule has 0 bridgehead atoms. The molecule has 2 aromatic rings. The molecular formula is C34H46F2. The van der Waals surface area contributed by atoms with E-state index in [-0.39, 0.29) is 0 Å². The number of rotatable bonds is 10. The molecular weight excluding hydrogens is 446 g/mol. The highest BCUT2D eigenvalue weighted by atomic mass is 19.2. The quantitative estimate of drug-likeness (QED) is 0.289. The lowest BCUT2D eigenvalue weighted by molar-refractivity contribution is 0.246. The molecule has 0 radical (unpaired) electrons. The van der Waals surface area contributed by atoms with Crippen molar-refractivity contribution in [3.8, 4) is 0 Å². The van der Waals surface area contributed by atoms with Gasteiger partial charge in [0.15, 0.2) is 11.6 Å². The molecule has 0 spiro atoms. The molecule has 2 fully saturated rings. The maximum Gasteiger partial charge on any atom is 0.166 e. The summed E-state index contributed by atoms with van der Waals surface area (Å²) in [4.78, 5) is 0. The summed E-state index contributed by atoms with van der Waals surface area (Å²) in [6, 6.07) is 7.94. The van der Waals surface area contributed by atoms with Crippen molar-refractivity contribution in [1.82, 2.24) is 0 Å². The van der Waals surface area contributed by atoms with Crippen LogP contribution in [-0.2, 0) is 6.42 Å². The zero-order valence-corrected chi connectivity index (χ0v) is 22.6. The standard InChI is InChI=1S/C34H46F2/c1-3-5-7-9-25-11-13-26(14-12-25)15-16-27-17-19-28(20-18-27)29-21-22-30-23-31(10-8-6-4-2)33(35)34(36)32(30)24-29/h4,6-7,9,21-28H,3,5,8,10-20H2,1-2H3/b6-4+,9-7+. The molecule has 2 saturated carbocycles. The maximum absolute atomic E-state index is 15.0. The van der Waals surface area contributed by atoms with E-state index < -0.39 is 11.6 Å². The van der Waals surface area contributed by atoms with E-state index in [0.717, 1.165) is 29.6 Å². The molecule has 0 aromatic heterocycles. The third-order valence-corrected chi connectivity index (χ3v) is 8.99. The minimum atomic E-state index is -0.672. The van der Waals surface area contributed by atoms with Crippen molar-refractivity contribution in [3.63, 3.8) is 0 Å². The van der Waals surface area contributed by atoms with Gasteiger partial charge in [-0.1, -0.05) is 62.6 Å². The van der Waals surface area contributed by atoms with Crippen LogP contribution in [-0.4, -0.2) is 0 Å². The largest absolute Gasteiger partial charge is 0.203 e. The number of allylic oxidation sites excluding steroid dienone is 4. The summed E-state index contributed by atoms with van der Waals surface area (Å²) in [5.74, 6) is 1.74. The average Bonchev–Trinajstić information content (AvgIpc) is 2.91. The molecule has 0 unspecified atom stereocenters. The summed E-state index contributed by atoms with van der Waals surface area (Å²) in [5, 5.41) is 1.26. The lowest BCUT2D eigenvalue weighted by Crippen LogP contribution is -2.17. The average molecular weight is 493 g/mol. The number of halogens is 2. The molecule has 0 amide bonds. The van der Waals surface area contributed by atoms with Crippen LogP contribution in [0.3, 0.4) is 0 Å². The third-order valence-electron chi connectivity index (χ3n) is 8.99. The van der Waals surface area contributed by atoms with Gasteiger partial charge in [-0.15, -0.1) is 0 Å². The lowest BCUT2D eigenvalue weighted by atomic mass is 9.74. The number of fused-ring (bicyclic) bond motifs is 1. The summed E-state index contributed by atoms with van der Waals surface area (Å²) in [6.45, 7) is 4.20. The Morgan fingerprint density at radius 1 is 0.806 bits per heavy atom. The van der Waals surface area contributed by atoms with E-state index >= 15 is 0 Å². The lowest BCUT2D eigenvalue weighted by Gasteiger charge is -2.31. The molecule has 4 rings (SSSR count). The van der Waals surface area contributed by atoms with Crippen LogP contribution in [0.4, 0.5) is 8.78 Å². The maximum atomic E-state index is 15.0. The van der Waals surface area contributed by atoms with Crippen LogP contribution in [0.1, 0.15) is 114 Å². The van der Waals surface area contributed by atoms with E-state index in [2.05, 4.69) is 25.1 Å². The first kappa shape index (κ1) is 27.1. The van der Waals surface area contributed by atoms with E-state index in [0.29, 0.717) is 23.3 Å². The first-order chi connectivity index (χ1) is 17.6. The Morgan fingerprint density at radius 2 is 1.50 bits per heavy atom. The summed E-state index contributed by atoms with van der Waals surface area (Å²) in [7, 11) is 0. The van der Waals surface area contributed by atoms with Crippen LogP contribution in [0.5, 0.6) is 0 Å². The molecule has 0 aliphatic heterocycles. The molecule has 0 saturated heterocycles. The normalized spacial score (nSPS) is 25.3. The first-order valence-electron chi connectivity index (χ1n) is 14.8. The van der Waals surface area contributed by atoms with Gasteiger partial charge in [-0.3, -0.25) is 0 Å². The molecule has 2 heteroatoms. The molecule has 0 atom stereocenters. The molecule has 0 N–H and O–H groups in total. The highest BCUT2D eigenvalue weighted by Crippen LogP contribution is 2.41. The zero-order valence-electron chi connectivity index (χ0n) is 22.6.